The molecule has 1 aromatic rings. The average molecular weight is 176 g/mol. The van der Waals surface area contributed by atoms with Crippen LogP contribution in [0.1, 0.15) is 32.3 Å². The van der Waals surface area contributed by atoms with Crippen LogP contribution in [0.25, 0.3) is 0 Å². The Hall–Kier alpha value is -0.820. The number of aryl methyl sites for hydroxylation is 1. The van der Waals surface area contributed by atoms with E-state index in [-0.39, 0.29) is 5.54 Å². The monoisotopic (exact) mass is 176 g/mol. The zero-order valence-corrected chi connectivity index (χ0v) is 8.51. The van der Waals surface area contributed by atoms with E-state index in [4.69, 9.17) is 5.73 Å². The minimum absolute atomic E-state index is 0.269. The number of benzene rings is 1. The van der Waals surface area contributed by atoms with E-state index in [1.54, 1.807) is 0 Å². The van der Waals surface area contributed by atoms with Crippen molar-refractivity contribution in [3.63, 3.8) is 0 Å². The summed E-state index contributed by atoms with van der Waals surface area (Å²) in [4.78, 5) is 0. The third kappa shape index (κ3) is 4.69. The molecular formula is C12H18N. The number of hydrogen-bond acceptors (Lipinski definition) is 0. The molecule has 0 aliphatic carbocycles. The molecule has 0 amide bonds. The standard InChI is InChI=1S/C12H18N/c1-12(2,13)10-6-9-11-7-4-3-5-8-11/h3-5,7-8,13H,6,9-10H2,1-2H3. The van der Waals surface area contributed by atoms with Gasteiger partial charge in [-0.2, -0.15) is 0 Å². The maximum Gasteiger partial charge on any atom is 0.0267 e. The summed E-state index contributed by atoms with van der Waals surface area (Å²) < 4.78 is 0. The van der Waals surface area contributed by atoms with E-state index in [0.29, 0.717) is 0 Å². The van der Waals surface area contributed by atoms with Crippen LogP contribution >= 0.6 is 0 Å². The van der Waals surface area contributed by atoms with Gasteiger partial charge in [0.1, 0.15) is 0 Å². The Morgan fingerprint density at radius 1 is 1.15 bits per heavy atom. The first-order valence-corrected chi connectivity index (χ1v) is 4.87. The molecule has 0 saturated carbocycles. The quantitative estimate of drug-likeness (QED) is 0.673. The van der Waals surface area contributed by atoms with E-state index in [9.17, 15) is 0 Å². The summed E-state index contributed by atoms with van der Waals surface area (Å²) in [6.07, 6.45) is 3.19. The van der Waals surface area contributed by atoms with Crippen LogP contribution in [0.5, 0.6) is 0 Å². The highest BCUT2D eigenvalue weighted by Gasteiger charge is 2.10. The molecule has 1 N–H and O–H groups in total. The molecule has 0 unspecified atom stereocenters. The van der Waals surface area contributed by atoms with Crippen molar-refractivity contribution in [1.82, 2.24) is 5.73 Å². The van der Waals surface area contributed by atoms with Gasteiger partial charge in [0, 0.05) is 5.54 Å². The van der Waals surface area contributed by atoms with Gasteiger partial charge in [-0.05, 0) is 38.7 Å². The maximum absolute atomic E-state index is 7.70. The second kappa shape index (κ2) is 4.43. The molecule has 0 atom stereocenters. The molecule has 0 aromatic heterocycles. The van der Waals surface area contributed by atoms with Crippen LogP contribution in [0.3, 0.4) is 0 Å². The summed E-state index contributed by atoms with van der Waals surface area (Å²) >= 11 is 0. The van der Waals surface area contributed by atoms with E-state index < -0.39 is 0 Å². The molecule has 1 heteroatoms. The fourth-order valence-corrected chi connectivity index (χ4v) is 1.38. The van der Waals surface area contributed by atoms with Crippen LogP contribution in [0.15, 0.2) is 30.3 Å². The molecule has 0 spiro atoms. The van der Waals surface area contributed by atoms with Crippen molar-refractivity contribution in [2.45, 2.75) is 38.6 Å². The summed E-state index contributed by atoms with van der Waals surface area (Å²) in [7, 11) is 0. The van der Waals surface area contributed by atoms with Gasteiger partial charge in [0.2, 0.25) is 0 Å². The SMILES string of the molecule is CC(C)([NH])CCCc1ccccc1. The van der Waals surface area contributed by atoms with Gasteiger partial charge in [0.15, 0.2) is 0 Å². The molecule has 0 heterocycles. The van der Waals surface area contributed by atoms with Crippen molar-refractivity contribution in [2.24, 2.45) is 0 Å². The Morgan fingerprint density at radius 2 is 1.77 bits per heavy atom. The lowest BCUT2D eigenvalue weighted by molar-refractivity contribution is 0.444. The van der Waals surface area contributed by atoms with Crippen LogP contribution in [-0.2, 0) is 6.42 Å². The van der Waals surface area contributed by atoms with Gasteiger partial charge in [-0.15, -0.1) is 0 Å². The lowest BCUT2D eigenvalue weighted by Gasteiger charge is -2.16. The smallest absolute Gasteiger partial charge is 0.0267 e. The van der Waals surface area contributed by atoms with E-state index >= 15 is 0 Å². The molecule has 0 fully saturated rings. The molecule has 0 saturated heterocycles. The molecular weight excluding hydrogens is 158 g/mol. The van der Waals surface area contributed by atoms with Crippen molar-refractivity contribution in [3.8, 4) is 0 Å². The summed E-state index contributed by atoms with van der Waals surface area (Å²) in [5.74, 6) is 0. The van der Waals surface area contributed by atoms with E-state index in [1.165, 1.54) is 5.56 Å². The summed E-state index contributed by atoms with van der Waals surface area (Å²) in [6, 6.07) is 10.5. The second-order valence-corrected chi connectivity index (χ2v) is 4.22. The summed E-state index contributed by atoms with van der Waals surface area (Å²) in [5.41, 5.74) is 8.81. The first-order chi connectivity index (χ1) is 6.08. The molecule has 1 radical (unpaired) electrons. The molecule has 13 heavy (non-hydrogen) atoms. The van der Waals surface area contributed by atoms with Crippen LogP contribution in [-0.4, -0.2) is 5.54 Å². The predicted molar refractivity (Wildman–Crippen MR) is 56.6 cm³/mol. The molecule has 1 aromatic carbocycles. The van der Waals surface area contributed by atoms with E-state index in [0.717, 1.165) is 19.3 Å². The van der Waals surface area contributed by atoms with Crippen LogP contribution in [0, 0.1) is 0 Å². The summed E-state index contributed by atoms with van der Waals surface area (Å²) in [6.45, 7) is 3.94. The third-order valence-corrected chi connectivity index (χ3v) is 2.11. The topological polar surface area (TPSA) is 23.8 Å². The largest absolute Gasteiger partial charge is 0.252 e. The lowest BCUT2D eigenvalue weighted by atomic mass is 9.97. The Kier molecular flexibility index (Phi) is 3.49. The average Bonchev–Trinajstić information content (AvgIpc) is 2.04. The van der Waals surface area contributed by atoms with Crippen molar-refractivity contribution >= 4 is 0 Å². The fraction of sp³-hybridized carbons (Fsp3) is 0.500. The van der Waals surface area contributed by atoms with Crippen molar-refractivity contribution in [2.75, 3.05) is 0 Å². The normalized spacial score (nSPS) is 11.6. The third-order valence-electron chi connectivity index (χ3n) is 2.11. The fourth-order valence-electron chi connectivity index (χ4n) is 1.38. The molecule has 1 nitrogen and oxygen atoms in total. The van der Waals surface area contributed by atoms with Gasteiger partial charge in [-0.25, -0.2) is 0 Å². The van der Waals surface area contributed by atoms with Gasteiger partial charge in [0.25, 0.3) is 0 Å². The van der Waals surface area contributed by atoms with Crippen LogP contribution in [0.4, 0.5) is 0 Å². The molecule has 71 valence electrons. The van der Waals surface area contributed by atoms with Crippen LogP contribution in [0.2, 0.25) is 0 Å². The predicted octanol–water partition coefficient (Wildman–Crippen LogP) is 3.07. The lowest BCUT2D eigenvalue weighted by Crippen LogP contribution is -2.20. The van der Waals surface area contributed by atoms with Gasteiger partial charge in [-0.1, -0.05) is 30.3 Å². The van der Waals surface area contributed by atoms with Crippen molar-refractivity contribution in [3.05, 3.63) is 35.9 Å². The first kappa shape index (κ1) is 10.3. The highest BCUT2D eigenvalue weighted by atomic mass is 14.7. The van der Waals surface area contributed by atoms with Crippen LogP contribution < -0.4 is 5.73 Å². The van der Waals surface area contributed by atoms with Gasteiger partial charge in [0.05, 0.1) is 0 Å². The Labute approximate surface area is 81.0 Å². The minimum atomic E-state index is -0.269. The zero-order chi connectivity index (χ0) is 9.73. The Balaban J connectivity index is 2.29. The summed E-state index contributed by atoms with van der Waals surface area (Å²) in [5, 5.41) is 0. The van der Waals surface area contributed by atoms with Gasteiger partial charge in [-0.3, -0.25) is 5.73 Å². The van der Waals surface area contributed by atoms with Gasteiger partial charge >= 0.3 is 0 Å². The number of rotatable bonds is 4. The maximum atomic E-state index is 7.70. The molecule has 0 aliphatic heterocycles. The molecule has 0 aliphatic rings. The Morgan fingerprint density at radius 3 is 2.31 bits per heavy atom. The molecule has 1 rings (SSSR count). The van der Waals surface area contributed by atoms with Gasteiger partial charge < -0.3 is 0 Å². The van der Waals surface area contributed by atoms with E-state index in [2.05, 4.69) is 24.3 Å². The molecule has 0 bridgehead atoms. The first-order valence-electron chi connectivity index (χ1n) is 4.87. The van der Waals surface area contributed by atoms with Crippen molar-refractivity contribution in [1.29, 1.82) is 0 Å². The highest BCUT2D eigenvalue weighted by Crippen LogP contribution is 2.12. The minimum Gasteiger partial charge on any atom is -0.252 e. The van der Waals surface area contributed by atoms with E-state index in [1.807, 2.05) is 19.9 Å². The van der Waals surface area contributed by atoms with Crippen molar-refractivity contribution < 1.29 is 0 Å². The number of nitrogens with one attached hydrogen (secondary N) is 1. The Bertz CT molecular complexity index is 233. The number of hydrogen-bond donors (Lipinski definition) is 0. The zero-order valence-electron chi connectivity index (χ0n) is 8.51. The highest BCUT2D eigenvalue weighted by molar-refractivity contribution is 5.14. The second-order valence-electron chi connectivity index (χ2n) is 4.22.